The Labute approximate surface area is 165 Å². The topological polar surface area (TPSA) is 70.7 Å². The summed E-state index contributed by atoms with van der Waals surface area (Å²) in [6, 6.07) is 17.2. The van der Waals surface area contributed by atoms with Crippen molar-refractivity contribution in [3.8, 4) is 5.75 Å². The van der Waals surface area contributed by atoms with Gasteiger partial charge in [-0.2, -0.15) is 0 Å². The number of aryl methyl sites for hydroxylation is 1. The highest BCUT2D eigenvalue weighted by Crippen LogP contribution is 2.24. The molecule has 0 aliphatic carbocycles. The molecule has 2 aromatic rings. The average Bonchev–Trinajstić information content (AvgIpc) is 3.07. The minimum Gasteiger partial charge on any atom is -0.497 e. The second-order valence-corrected chi connectivity index (χ2v) is 7.15. The molecule has 148 valence electrons. The molecule has 1 saturated heterocycles. The third-order valence-corrected chi connectivity index (χ3v) is 4.93. The first-order valence-electron chi connectivity index (χ1n) is 9.60. The fourth-order valence-corrected chi connectivity index (χ4v) is 3.37. The highest BCUT2D eigenvalue weighted by molar-refractivity contribution is 5.96. The van der Waals surface area contributed by atoms with Crippen molar-refractivity contribution in [2.24, 2.45) is 0 Å². The van der Waals surface area contributed by atoms with E-state index in [9.17, 15) is 9.59 Å². The van der Waals surface area contributed by atoms with Crippen molar-refractivity contribution in [2.75, 3.05) is 18.6 Å². The Kier molecular flexibility index (Phi) is 6.53. The predicted octanol–water partition coefficient (Wildman–Crippen LogP) is 3.12. The molecule has 28 heavy (non-hydrogen) atoms. The molecule has 1 aliphatic rings. The van der Waals surface area contributed by atoms with Crippen LogP contribution in [0.15, 0.2) is 54.6 Å². The average molecular weight is 381 g/mol. The number of ether oxygens (including phenoxy) is 1. The maximum atomic E-state index is 12.3. The summed E-state index contributed by atoms with van der Waals surface area (Å²) >= 11 is 0. The van der Waals surface area contributed by atoms with E-state index in [2.05, 4.69) is 22.8 Å². The molecule has 3 rings (SSSR count). The molecule has 0 spiro atoms. The second kappa shape index (κ2) is 9.26. The summed E-state index contributed by atoms with van der Waals surface area (Å²) in [5, 5.41) is 5.89. The van der Waals surface area contributed by atoms with Gasteiger partial charge in [-0.1, -0.05) is 30.3 Å². The largest absolute Gasteiger partial charge is 0.497 e. The van der Waals surface area contributed by atoms with Gasteiger partial charge in [-0.25, -0.2) is 4.79 Å². The van der Waals surface area contributed by atoms with Gasteiger partial charge in [0.05, 0.1) is 13.2 Å². The van der Waals surface area contributed by atoms with Crippen LogP contribution in [-0.4, -0.2) is 37.7 Å². The van der Waals surface area contributed by atoms with Crippen LogP contribution in [0.1, 0.15) is 25.3 Å². The van der Waals surface area contributed by atoms with E-state index in [0.29, 0.717) is 13.0 Å². The van der Waals surface area contributed by atoms with Gasteiger partial charge in [0.25, 0.3) is 0 Å². The van der Waals surface area contributed by atoms with Crippen LogP contribution in [-0.2, 0) is 11.2 Å². The van der Waals surface area contributed by atoms with E-state index in [4.69, 9.17) is 4.74 Å². The number of carbonyl (C=O) groups excluding carboxylic acids is 2. The molecule has 2 aromatic carbocycles. The standard InChI is InChI=1S/C22H27N3O3/c1-16(8-9-17-6-4-3-5-7-17)23-22(27)24-18-14-21(26)25(15-18)19-10-12-20(28-2)13-11-19/h3-7,10-13,16,18H,8-9,14-15H2,1-2H3,(H2,23,24,27). The van der Waals surface area contributed by atoms with Crippen molar-refractivity contribution in [3.05, 3.63) is 60.2 Å². The van der Waals surface area contributed by atoms with Gasteiger partial charge in [0.15, 0.2) is 0 Å². The summed E-state index contributed by atoms with van der Waals surface area (Å²) < 4.78 is 5.15. The molecule has 2 N–H and O–H groups in total. The van der Waals surface area contributed by atoms with Crippen molar-refractivity contribution in [1.82, 2.24) is 10.6 Å². The SMILES string of the molecule is COc1ccc(N2CC(NC(=O)NC(C)CCc3ccccc3)CC2=O)cc1. The number of methoxy groups -OCH3 is 1. The van der Waals surface area contributed by atoms with Crippen LogP contribution >= 0.6 is 0 Å². The number of hydrogen-bond donors (Lipinski definition) is 2. The number of benzene rings is 2. The molecule has 0 saturated carbocycles. The van der Waals surface area contributed by atoms with Crippen molar-refractivity contribution < 1.29 is 14.3 Å². The van der Waals surface area contributed by atoms with Crippen molar-refractivity contribution in [1.29, 1.82) is 0 Å². The van der Waals surface area contributed by atoms with Crippen LogP contribution in [0.2, 0.25) is 0 Å². The lowest BCUT2D eigenvalue weighted by Gasteiger charge is -2.19. The molecule has 1 heterocycles. The van der Waals surface area contributed by atoms with Crippen molar-refractivity contribution >= 4 is 17.6 Å². The monoisotopic (exact) mass is 381 g/mol. The van der Waals surface area contributed by atoms with Gasteiger partial charge >= 0.3 is 6.03 Å². The smallest absolute Gasteiger partial charge is 0.315 e. The Morgan fingerprint density at radius 3 is 2.57 bits per heavy atom. The molecule has 1 fully saturated rings. The van der Waals surface area contributed by atoms with Crippen LogP contribution in [0, 0.1) is 0 Å². The maximum absolute atomic E-state index is 12.3. The van der Waals surface area contributed by atoms with Gasteiger partial charge < -0.3 is 20.3 Å². The van der Waals surface area contributed by atoms with Gasteiger partial charge in [0.1, 0.15) is 5.75 Å². The third-order valence-electron chi connectivity index (χ3n) is 4.93. The Morgan fingerprint density at radius 2 is 1.89 bits per heavy atom. The van der Waals surface area contributed by atoms with E-state index in [1.54, 1.807) is 12.0 Å². The van der Waals surface area contributed by atoms with Crippen LogP contribution in [0.25, 0.3) is 0 Å². The van der Waals surface area contributed by atoms with Crippen molar-refractivity contribution in [3.63, 3.8) is 0 Å². The normalized spacial score (nSPS) is 17.3. The Morgan fingerprint density at radius 1 is 1.18 bits per heavy atom. The highest BCUT2D eigenvalue weighted by Gasteiger charge is 2.31. The number of anilines is 1. The molecule has 3 amide bonds. The molecule has 2 atom stereocenters. The summed E-state index contributed by atoms with van der Waals surface area (Å²) in [6.07, 6.45) is 2.08. The molecule has 0 radical (unpaired) electrons. The fourth-order valence-electron chi connectivity index (χ4n) is 3.37. The zero-order chi connectivity index (χ0) is 19.9. The number of carbonyl (C=O) groups is 2. The minimum absolute atomic E-state index is 0.00703. The van der Waals surface area contributed by atoms with E-state index in [1.807, 2.05) is 49.4 Å². The summed E-state index contributed by atoms with van der Waals surface area (Å²) in [4.78, 5) is 26.3. The van der Waals surface area contributed by atoms with Gasteiger partial charge in [-0.15, -0.1) is 0 Å². The molecule has 1 aliphatic heterocycles. The maximum Gasteiger partial charge on any atom is 0.315 e. The Bertz CT molecular complexity index is 792. The summed E-state index contributed by atoms with van der Waals surface area (Å²) in [6.45, 7) is 2.46. The first-order chi connectivity index (χ1) is 13.5. The number of urea groups is 1. The highest BCUT2D eigenvalue weighted by atomic mass is 16.5. The van der Waals surface area contributed by atoms with E-state index >= 15 is 0 Å². The fraction of sp³-hybridized carbons (Fsp3) is 0.364. The summed E-state index contributed by atoms with van der Waals surface area (Å²) in [5.41, 5.74) is 2.07. The van der Waals surface area contributed by atoms with E-state index < -0.39 is 0 Å². The molecule has 0 bridgehead atoms. The molecule has 2 unspecified atom stereocenters. The zero-order valence-electron chi connectivity index (χ0n) is 16.4. The minimum atomic E-state index is -0.227. The van der Waals surface area contributed by atoms with Gasteiger partial charge in [-0.05, 0) is 49.6 Å². The Balaban J connectivity index is 1.45. The first-order valence-corrected chi connectivity index (χ1v) is 9.60. The third kappa shape index (κ3) is 5.25. The lowest BCUT2D eigenvalue weighted by Crippen LogP contribution is -2.46. The molecule has 0 aromatic heterocycles. The molecule has 6 nitrogen and oxygen atoms in total. The molecular formula is C22H27N3O3. The van der Waals surface area contributed by atoms with E-state index in [1.165, 1.54) is 5.56 Å². The second-order valence-electron chi connectivity index (χ2n) is 7.15. The summed E-state index contributed by atoms with van der Waals surface area (Å²) in [7, 11) is 1.61. The Hall–Kier alpha value is -3.02. The number of nitrogens with one attached hydrogen (secondary N) is 2. The summed E-state index contributed by atoms with van der Waals surface area (Å²) in [5.74, 6) is 0.751. The predicted molar refractivity (Wildman–Crippen MR) is 110 cm³/mol. The molecular weight excluding hydrogens is 354 g/mol. The van der Waals surface area contributed by atoms with Gasteiger partial charge in [-0.3, -0.25) is 4.79 Å². The first kappa shape index (κ1) is 19.7. The number of amides is 3. The van der Waals surface area contributed by atoms with E-state index in [0.717, 1.165) is 24.3 Å². The quantitative estimate of drug-likeness (QED) is 0.774. The van der Waals surface area contributed by atoms with Crippen LogP contribution in [0.5, 0.6) is 5.75 Å². The van der Waals surface area contributed by atoms with E-state index in [-0.39, 0.29) is 24.0 Å². The van der Waals surface area contributed by atoms with Gasteiger partial charge in [0.2, 0.25) is 5.91 Å². The van der Waals surface area contributed by atoms with Crippen LogP contribution < -0.4 is 20.3 Å². The lowest BCUT2D eigenvalue weighted by atomic mass is 10.1. The van der Waals surface area contributed by atoms with Crippen LogP contribution in [0.4, 0.5) is 10.5 Å². The van der Waals surface area contributed by atoms with Crippen molar-refractivity contribution in [2.45, 2.75) is 38.3 Å². The lowest BCUT2D eigenvalue weighted by molar-refractivity contribution is -0.117. The van der Waals surface area contributed by atoms with Gasteiger partial charge in [0, 0.05) is 24.7 Å². The van der Waals surface area contributed by atoms with Crippen LogP contribution in [0.3, 0.4) is 0 Å². The number of hydrogen-bond acceptors (Lipinski definition) is 3. The number of nitrogens with zero attached hydrogens (tertiary/aromatic N) is 1. The number of rotatable bonds is 7. The molecule has 6 heteroatoms. The zero-order valence-corrected chi connectivity index (χ0v) is 16.4.